The fraction of sp³-hybridized carbons (Fsp3) is 1.00. The van der Waals surface area contributed by atoms with Gasteiger partial charge in [0.2, 0.25) is 0 Å². The minimum Gasteiger partial charge on any atom is -0.285 e. The van der Waals surface area contributed by atoms with Crippen LogP contribution >= 0.6 is 28.4 Å². The van der Waals surface area contributed by atoms with E-state index in [1.54, 1.807) is 0 Å². The standard InChI is InChI=1S/C14H25N2PS2/c15-17(16,18-13-7-9-1-3-11(13)5-9)19-14-8-10-2-4-12(14)6-10/h9-14H,1-8H2,(H3,15,16). The maximum Gasteiger partial charge on any atom is 0.132 e. The smallest absolute Gasteiger partial charge is 0.132 e. The predicted molar refractivity (Wildman–Crippen MR) is 87.5 cm³/mol. The van der Waals surface area contributed by atoms with Gasteiger partial charge >= 0.3 is 0 Å². The molecule has 0 spiro atoms. The summed E-state index contributed by atoms with van der Waals surface area (Å²) in [5.41, 5.74) is 4.43. The van der Waals surface area contributed by atoms with Gasteiger partial charge in [-0.25, -0.2) is 0 Å². The van der Waals surface area contributed by atoms with Crippen molar-refractivity contribution in [3.63, 3.8) is 0 Å². The van der Waals surface area contributed by atoms with E-state index in [-0.39, 0.29) is 0 Å². The fourth-order valence-corrected chi connectivity index (χ4v) is 14.0. The van der Waals surface area contributed by atoms with Crippen LogP contribution in [0.15, 0.2) is 0 Å². The summed E-state index contributed by atoms with van der Waals surface area (Å²) >= 11 is 3.81. The van der Waals surface area contributed by atoms with Crippen molar-refractivity contribution in [1.29, 1.82) is 5.16 Å². The minimum atomic E-state index is -2.02. The molecule has 108 valence electrons. The Kier molecular flexibility index (Phi) is 3.54. The van der Waals surface area contributed by atoms with Gasteiger partial charge in [-0.15, -0.1) is 0 Å². The van der Waals surface area contributed by atoms with Crippen molar-refractivity contribution >= 4 is 28.4 Å². The first-order valence-electron chi connectivity index (χ1n) is 7.88. The molecular formula is C14H25N2PS2. The lowest BCUT2D eigenvalue weighted by atomic mass is 10.0. The summed E-state index contributed by atoms with van der Waals surface area (Å²) in [7, 11) is 0. The van der Waals surface area contributed by atoms with Crippen molar-refractivity contribution in [2.75, 3.05) is 0 Å². The first kappa shape index (κ1) is 13.5. The quantitative estimate of drug-likeness (QED) is 0.691. The molecular weight excluding hydrogens is 291 g/mol. The van der Waals surface area contributed by atoms with Crippen LogP contribution in [-0.4, -0.2) is 10.5 Å². The van der Waals surface area contributed by atoms with Gasteiger partial charge in [-0.2, -0.15) is 0 Å². The van der Waals surface area contributed by atoms with Gasteiger partial charge in [-0.1, -0.05) is 35.6 Å². The lowest BCUT2D eigenvalue weighted by Gasteiger charge is -2.30. The van der Waals surface area contributed by atoms with Crippen molar-refractivity contribution in [3.05, 3.63) is 0 Å². The zero-order valence-electron chi connectivity index (χ0n) is 11.5. The molecule has 4 saturated carbocycles. The number of nitrogens with one attached hydrogen (secondary N) is 1. The van der Waals surface area contributed by atoms with Crippen LogP contribution < -0.4 is 5.50 Å². The van der Waals surface area contributed by atoms with Gasteiger partial charge in [0.1, 0.15) is 5.61 Å². The predicted octanol–water partition coefficient (Wildman–Crippen LogP) is 5.31. The zero-order valence-corrected chi connectivity index (χ0v) is 14.0. The third-order valence-electron chi connectivity index (χ3n) is 5.93. The van der Waals surface area contributed by atoms with E-state index in [9.17, 15) is 0 Å². The summed E-state index contributed by atoms with van der Waals surface area (Å²) < 4.78 is 0. The van der Waals surface area contributed by atoms with Gasteiger partial charge in [-0.05, 0) is 62.2 Å². The lowest BCUT2D eigenvalue weighted by Crippen LogP contribution is -2.15. The minimum absolute atomic E-state index is 0.737. The highest BCUT2D eigenvalue weighted by atomic mass is 33.1. The molecule has 2 nitrogen and oxygen atoms in total. The fourth-order valence-electron chi connectivity index (χ4n) is 5.06. The van der Waals surface area contributed by atoms with Crippen LogP contribution in [0.4, 0.5) is 0 Å². The van der Waals surface area contributed by atoms with E-state index >= 15 is 0 Å². The lowest BCUT2D eigenvalue weighted by molar-refractivity contribution is 0.493. The maximum absolute atomic E-state index is 8.63. The third kappa shape index (κ3) is 2.67. The van der Waals surface area contributed by atoms with Gasteiger partial charge in [0.25, 0.3) is 0 Å². The number of rotatable bonds is 4. The average Bonchev–Trinajstić information content (AvgIpc) is 3.06. The first-order chi connectivity index (χ1) is 9.09. The molecule has 0 aromatic rings. The van der Waals surface area contributed by atoms with Crippen molar-refractivity contribution in [2.45, 2.75) is 61.9 Å². The molecule has 3 N–H and O–H groups in total. The highest BCUT2D eigenvalue weighted by molar-refractivity contribution is 8.90. The SMILES string of the molecule is N=P(N)(SC1CC2CCC1C2)SC1CC2CCC1C2. The van der Waals surface area contributed by atoms with Crippen LogP contribution in [0.25, 0.3) is 0 Å². The van der Waals surface area contributed by atoms with Gasteiger partial charge in [0.05, 0.1) is 0 Å². The molecule has 4 fully saturated rings. The molecule has 0 amide bonds. The van der Waals surface area contributed by atoms with Crippen molar-refractivity contribution in [3.8, 4) is 0 Å². The molecule has 0 aliphatic heterocycles. The molecule has 0 aromatic heterocycles. The number of hydrogen-bond acceptors (Lipinski definition) is 3. The Morgan fingerprint density at radius 3 is 1.58 bits per heavy atom. The molecule has 0 heterocycles. The molecule has 6 atom stereocenters. The Morgan fingerprint density at radius 2 is 1.26 bits per heavy atom. The molecule has 0 saturated heterocycles. The van der Waals surface area contributed by atoms with Gasteiger partial charge < -0.3 is 0 Å². The summed E-state index contributed by atoms with van der Waals surface area (Å²) in [5.74, 6) is 3.78. The van der Waals surface area contributed by atoms with Crippen molar-refractivity contribution in [1.82, 2.24) is 0 Å². The summed E-state index contributed by atoms with van der Waals surface area (Å²) in [6.45, 7) is 0. The first-order valence-corrected chi connectivity index (χ1v) is 12.7. The largest absolute Gasteiger partial charge is 0.285 e. The van der Waals surface area contributed by atoms with Crippen LogP contribution in [0.1, 0.15) is 51.4 Å². The summed E-state index contributed by atoms with van der Waals surface area (Å²) in [5, 5.41) is 10.1. The monoisotopic (exact) mass is 316 g/mol. The van der Waals surface area contributed by atoms with E-state index in [0.29, 0.717) is 0 Å². The highest BCUT2D eigenvalue weighted by Crippen LogP contribution is 2.72. The molecule has 4 aliphatic carbocycles. The van der Waals surface area contributed by atoms with Crippen LogP contribution in [0.5, 0.6) is 0 Å². The molecule has 4 bridgehead atoms. The van der Waals surface area contributed by atoms with E-state index in [1.165, 1.54) is 51.4 Å². The maximum atomic E-state index is 8.63. The van der Waals surface area contributed by atoms with E-state index in [1.807, 2.05) is 22.8 Å². The average molecular weight is 316 g/mol. The number of nitrogens with two attached hydrogens (primary N) is 1. The Hall–Kier alpha value is 0.890. The van der Waals surface area contributed by atoms with Crippen molar-refractivity contribution in [2.24, 2.45) is 29.2 Å². The molecule has 0 aromatic carbocycles. The van der Waals surface area contributed by atoms with E-state index in [2.05, 4.69) is 0 Å². The number of hydrogen-bond donors (Lipinski definition) is 2. The Balaban J connectivity index is 1.36. The molecule has 4 rings (SSSR count). The molecule has 6 unspecified atom stereocenters. The topological polar surface area (TPSA) is 49.9 Å². The van der Waals surface area contributed by atoms with Crippen molar-refractivity contribution < 1.29 is 0 Å². The second kappa shape index (κ2) is 4.97. The van der Waals surface area contributed by atoms with E-state index in [0.717, 1.165) is 34.2 Å². The summed E-state index contributed by atoms with van der Waals surface area (Å²) in [4.78, 5) is 0. The molecule has 4 aliphatic rings. The number of fused-ring (bicyclic) bond motifs is 4. The van der Waals surface area contributed by atoms with E-state index < -0.39 is 5.61 Å². The second-order valence-electron chi connectivity index (χ2n) is 7.23. The van der Waals surface area contributed by atoms with E-state index in [4.69, 9.17) is 10.7 Å². The van der Waals surface area contributed by atoms with Gasteiger partial charge in [0, 0.05) is 10.5 Å². The summed E-state index contributed by atoms with van der Waals surface area (Å²) in [6, 6.07) is 0. The van der Waals surface area contributed by atoms with Gasteiger partial charge in [0.15, 0.2) is 0 Å². The van der Waals surface area contributed by atoms with Gasteiger partial charge in [-0.3, -0.25) is 10.7 Å². The zero-order chi connectivity index (χ0) is 13.0. The molecule has 0 radical (unpaired) electrons. The Labute approximate surface area is 124 Å². The Morgan fingerprint density at radius 1 is 0.789 bits per heavy atom. The second-order valence-corrected chi connectivity index (χ2v) is 15.5. The molecule has 5 heteroatoms. The normalized spacial score (nSPS) is 50.8. The Bertz CT molecular complexity index is 382. The van der Waals surface area contributed by atoms with Crippen LogP contribution in [0.3, 0.4) is 0 Å². The van der Waals surface area contributed by atoms with Crippen LogP contribution in [0.2, 0.25) is 0 Å². The third-order valence-corrected chi connectivity index (χ3v) is 13.3. The molecule has 19 heavy (non-hydrogen) atoms. The highest BCUT2D eigenvalue weighted by Gasteiger charge is 2.44. The summed E-state index contributed by atoms with van der Waals surface area (Å²) in [6.07, 6.45) is 11.4. The van der Waals surface area contributed by atoms with Crippen LogP contribution in [-0.2, 0) is 0 Å². The van der Waals surface area contributed by atoms with Crippen LogP contribution in [0, 0.1) is 28.8 Å².